The molecule has 0 atom stereocenters. The number of hydrogen-bond acceptors (Lipinski definition) is 2. The average Bonchev–Trinajstić information content (AvgIpc) is 2.63. The molecule has 3 fully saturated rings. The minimum Gasteiger partial charge on any atom is -0.436 e. The van der Waals surface area contributed by atoms with Gasteiger partial charge in [-0.1, -0.05) is 32.3 Å². The van der Waals surface area contributed by atoms with Gasteiger partial charge in [-0.2, -0.15) is 0 Å². The zero-order chi connectivity index (χ0) is 12.6. The highest BCUT2D eigenvalue weighted by atomic mass is 16.6. The quantitative estimate of drug-likeness (QED) is 0.703. The number of carbonyl (C=O) groups excluding carboxylic acids is 1. The highest BCUT2D eigenvalue weighted by Gasteiger charge is 2.51. The molecule has 18 heavy (non-hydrogen) atoms. The normalized spacial score (nSPS) is 28.8. The van der Waals surface area contributed by atoms with E-state index in [4.69, 9.17) is 4.74 Å². The van der Waals surface area contributed by atoms with E-state index >= 15 is 0 Å². The molecule has 1 aliphatic heterocycles. The lowest BCUT2D eigenvalue weighted by atomic mass is 9.82. The highest BCUT2D eigenvalue weighted by molar-refractivity contribution is 5.75. The molecule has 0 aromatic carbocycles. The lowest BCUT2D eigenvalue weighted by Gasteiger charge is -2.34. The van der Waals surface area contributed by atoms with E-state index in [0.29, 0.717) is 6.04 Å². The first-order valence-corrected chi connectivity index (χ1v) is 7.44. The molecule has 0 aromatic heterocycles. The summed E-state index contributed by atoms with van der Waals surface area (Å²) < 4.78 is 5.76. The van der Waals surface area contributed by atoms with E-state index in [2.05, 4.69) is 6.58 Å². The minimum atomic E-state index is -0.340. The molecule has 0 aromatic rings. The van der Waals surface area contributed by atoms with Gasteiger partial charge in [0.15, 0.2) is 5.60 Å². The molecule has 0 radical (unpaired) electrons. The zero-order valence-electron chi connectivity index (χ0n) is 11.1. The highest BCUT2D eigenvalue weighted by Crippen LogP contribution is 2.45. The molecular formula is C15H23NO2. The largest absolute Gasteiger partial charge is 0.436 e. The first-order valence-electron chi connectivity index (χ1n) is 7.44. The smallest absolute Gasteiger partial charge is 0.415 e. The molecule has 1 spiro atoms. The van der Waals surface area contributed by atoms with E-state index in [9.17, 15) is 4.79 Å². The second-order valence-electron chi connectivity index (χ2n) is 6.03. The van der Waals surface area contributed by atoms with Crippen LogP contribution in [0.25, 0.3) is 0 Å². The van der Waals surface area contributed by atoms with Gasteiger partial charge in [0.25, 0.3) is 0 Å². The fourth-order valence-corrected chi connectivity index (χ4v) is 3.83. The van der Waals surface area contributed by atoms with Gasteiger partial charge in [-0.3, -0.25) is 4.90 Å². The molecule has 0 unspecified atom stereocenters. The van der Waals surface area contributed by atoms with Crippen molar-refractivity contribution in [3.63, 3.8) is 0 Å². The number of hydrogen-bond donors (Lipinski definition) is 0. The van der Waals surface area contributed by atoms with Crippen molar-refractivity contribution in [1.82, 2.24) is 4.90 Å². The Morgan fingerprint density at radius 3 is 2.33 bits per heavy atom. The van der Waals surface area contributed by atoms with Crippen molar-refractivity contribution in [2.45, 2.75) is 75.9 Å². The van der Waals surface area contributed by atoms with Crippen molar-refractivity contribution in [3.05, 3.63) is 12.3 Å². The Labute approximate surface area is 109 Å². The van der Waals surface area contributed by atoms with E-state index in [1.165, 1.54) is 25.7 Å². The second-order valence-corrected chi connectivity index (χ2v) is 6.03. The Hall–Kier alpha value is -0.990. The van der Waals surface area contributed by atoms with Crippen LogP contribution in [0.15, 0.2) is 12.3 Å². The van der Waals surface area contributed by atoms with Gasteiger partial charge in [0.2, 0.25) is 0 Å². The maximum Gasteiger partial charge on any atom is 0.415 e. The standard InChI is InChI=1S/C15H23NO2/c1-12-15(10-6-3-7-11-15)18-14(17)16(12)13-8-4-2-5-9-13/h13H,1-11H2. The average molecular weight is 249 g/mol. The van der Waals surface area contributed by atoms with Crippen molar-refractivity contribution in [3.8, 4) is 0 Å². The molecule has 1 saturated heterocycles. The SMILES string of the molecule is C=C1N(C2CCCCC2)C(=O)OC12CCCCC2. The van der Waals surface area contributed by atoms with Gasteiger partial charge >= 0.3 is 6.09 Å². The van der Waals surface area contributed by atoms with Crippen molar-refractivity contribution >= 4 is 6.09 Å². The fourth-order valence-electron chi connectivity index (χ4n) is 3.83. The summed E-state index contributed by atoms with van der Waals surface area (Å²) in [6.45, 7) is 4.22. The third-order valence-electron chi connectivity index (χ3n) is 4.90. The maximum atomic E-state index is 12.2. The van der Waals surface area contributed by atoms with E-state index < -0.39 is 0 Å². The van der Waals surface area contributed by atoms with Gasteiger partial charge < -0.3 is 4.74 Å². The Balaban J connectivity index is 1.79. The minimum absolute atomic E-state index is 0.131. The first kappa shape index (κ1) is 12.1. The summed E-state index contributed by atoms with van der Waals surface area (Å²) in [5.74, 6) is 0. The van der Waals surface area contributed by atoms with Crippen molar-refractivity contribution < 1.29 is 9.53 Å². The number of nitrogens with zero attached hydrogens (tertiary/aromatic N) is 1. The summed E-state index contributed by atoms with van der Waals surface area (Å²) in [4.78, 5) is 14.1. The first-order chi connectivity index (χ1) is 8.73. The van der Waals surface area contributed by atoms with Crippen LogP contribution >= 0.6 is 0 Å². The van der Waals surface area contributed by atoms with Gasteiger partial charge in [0.1, 0.15) is 0 Å². The molecule has 0 bridgehead atoms. The summed E-state index contributed by atoms with van der Waals surface area (Å²) in [5, 5.41) is 0. The second kappa shape index (κ2) is 4.60. The van der Waals surface area contributed by atoms with Gasteiger partial charge in [0, 0.05) is 6.04 Å². The number of amides is 1. The Morgan fingerprint density at radius 1 is 1.06 bits per heavy atom. The van der Waals surface area contributed by atoms with Crippen LogP contribution in [0.5, 0.6) is 0 Å². The summed E-state index contributed by atoms with van der Waals surface area (Å²) in [7, 11) is 0. The van der Waals surface area contributed by atoms with Crippen molar-refractivity contribution in [1.29, 1.82) is 0 Å². The van der Waals surface area contributed by atoms with Crippen LogP contribution in [-0.4, -0.2) is 22.6 Å². The molecule has 3 rings (SSSR count). The summed E-state index contributed by atoms with van der Waals surface area (Å²) in [5.41, 5.74) is 0.617. The van der Waals surface area contributed by atoms with Crippen LogP contribution in [0, 0.1) is 0 Å². The molecular weight excluding hydrogens is 226 g/mol. The summed E-state index contributed by atoms with van der Waals surface area (Å²) >= 11 is 0. The number of carbonyl (C=O) groups is 1. The Kier molecular flexibility index (Phi) is 3.08. The number of rotatable bonds is 1. The van der Waals surface area contributed by atoms with Crippen LogP contribution in [0.3, 0.4) is 0 Å². The van der Waals surface area contributed by atoms with E-state index in [0.717, 1.165) is 44.2 Å². The molecule has 3 nitrogen and oxygen atoms in total. The molecule has 2 saturated carbocycles. The van der Waals surface area contributed by atoms with Crippen molar-refractivity contribution in [2.75, 3.05) is 0 Å². The zero-order valence-corrected chi connectivity index (χ0v) is 11.1. The summed E-state index contributed by atoms with van der Waals surface area (Å²) in [6.07, 6.45) is 11.4. The van der Waals surface area contributed by atoms with Crippen LogP contribution < -0.4 is 0 Å². The maximum absolute atomic E-state index is 12.2. The molecule has 1 heterocycles. The molecule has 3 heteroatoms. The Morgan fingerprint density at radius 2 is 1.67 bits per heavy atom. The van der Waals surface area contributed by atoms with Gasteiger partial charge in [-0.15, -0.1) is 0 Å². The van der Waals surface area contributed by atoms with E-state index in [1.807, 2.05) is 4.90 Å². The predicted molar refractivity (Wildman–Crippen MR) is 70.1 cm³/mol. The predicted octanol–water partition coefficient (Wildman–Crippen LogP) is 3.99. The van der Waals surface area contributed by atoms with Gasteiger partial charge in [-0.05, 0) is 38.5 Å². The fraction of sp³-hybridized carbons (Fsp3) is 0.800. The Bertz CT molecular complexity index is 352. The van der Waals surface area contributed by atoms with E-state index in [-0.39, 0.29) is 11.7 Å². The molecule has 100 valence electrons. The van der Waals surface area contributed by atoms with Crippen LogP contribution in [0.4, 0.5) is 4.79 Å². The lowest BCUT2D eigenvalue weighted by Crippen LogP contribution is -2.38. The van der Waals surface area contributed by atoms with Crippen LogP contribution in [0.1, 0.15) is 64.2 Å². The molecule has 3 aliphatic rings. The lowest BCUT2D eigenvalue weighted by molar-refractivity contribution is 0.0396. The third kappa shape index (κ3) is 1.84. The molecule has 0 N–H and O–H groups in total. The van der Waals surface area contributed by atoms with Gasteiger partial charge in [-0.25, -0.2) is 4.79 Å². The van der Waals surface area contributed by atoms with Gasteiger partial charge in [0.05, 0.1) is 5.70 Å². The molecule has 2 aliphatic carbocycles. The third-order valence-corrected chi connectivity index (χ3v) is 4.90. The van der Waals surface area contributed by atoms with E-state index in [1.54, 1.807) is 0 Å². The van der Waals surface area contributed by atoms with Crippen LogP contribution in [0.2, 0.25) is 0 Å². The van der Waals surface area contributed by atoms with Crippen molar-refractivity contribution in [2.24, 2.45) is 0 Å². The summed E-state index contributed by atoms with van der Waals surface area (Å²) in [6, 6.07) is 0.347. The van der Waals surface area contributed by atoms with Crippen LogP contribution in [-0.2, 0) is 4.74 Å². The topological polar surface area (TPSA) is 29.5 Å². The monoisotopic (exact) mass is 249 g/mol. The number of ether oxygens (including phenoxy) is 1. The molecule has 1 amide bonds.